The Labute approximate surface area is 152 Å². The molecular formula is C19H21N5O2. The van der Waals surface area contributed by atoms with Gasteiger partial charge in [-0.2, -0.15) is 5.26 Å². The Hall–Kier alpha value is -3.14. The highest BCUT2D eigenvalue weighted by atomic mass is 16.2. The molecule has 0 fully saturated rings. The van der Waals surface area contributed by atoms with Crippen LogP contribution in [-0.4, -0.2) is 38.9 Å². The summed E-state index contributed by atoms with van der Waals surface area (Å²) in [5, 5.41) is 11.9. The molecule has 2 aromatic rings. The molecule has 1 aromatic carbocycles. The van der Waals surface area contributed by atoms with E-state index in [0.29, 0.717) is 35.7 Å². The zero-order chi connectivity index (χ0) is 18.8. The molecule has 1 N–H and O–H groups in total. The van der Waals surface area contributed by atoms with E-state index in [-0.39, 0.29) is 23.9 Å². The molecule has 2 amide bonds. The van der Waals surface area contributed by atoms with E-state index >= 15 is 0 Å². The summed E-state index contributed by atoms with van der Waals surface area (Å²) in [6, 6.07) is 8.50. The number of hydrogen-bond acceptors (Lipinski definition) is 4. The molecule has 0 radical (unpaired) electrons. The van der Waals surface area contributed by atoms with Gasteiger partial charge in [0.2, 0.25) is 0 Å². The van der Waals surface area contributed by atoms with Gasteiger partial charge in [-0.25, -0.2) is 4.98 Å². The molecule has 2 heterocycles. The molecule has 134 valence electrons. The first-order valence-corrected chi connectivity index (χ1v) is 8.59. The van der Waals surface area contributed by atoms with Gasteiger partial charge in [-0.1, -0.05) is 6.07 Å². The first-order valence-electron chi connectivity index (χ1n) is 8.59. The highest BCUT2D eigenvalue weighted by molar-refractivity contribution is 5.95. The van der Waals surface area contributed by atoms with Crippen LogP contribution in [0, 0.1) is 11.3 Å². The maximum atomic E-state index is 12.9. The number of nitriles is 1. The second-order valence-electron chi connectivity index (χ2n) is 6.67. The molecular weight excluding hydrogens is 330 g/mol. The third-order valence-corrected chi connectivity index (χ3v) is 4.38. The Morgan fingerprint density at radius 1 is 1.35 bits per heavy atom. The van der Waals surface area contributed by atoms with Gasteiger partial charge in [-0.3, -0.25) is 9.59 Å². The highest BCUT2D eigenvalue weighted by Crippen LogP contribution is 2.26. The normalized spacial score (nSPS) is 16.1. The minimum atomic E-state index is -0.261. The quantitative estimate of drug-likeness (QED) is 0.917. The first kappa shape index (κ1) is 17.7. The number of rotatable bonds is 3. The molecule has 1 aromatic heterocycles. The Morgan fingerprint density at radius 3 is 2.81 bits per heavy atom. The average molecular weight is 351 g/mol. The number of hydrogen-bond donors (Lipinski definition) is 1. The number of fused-ring (bicyclic) bond motifs is 1. The number of aromatic nitrogens is 2. The monoisotopic (exact) mass is 351 g/mol. The highest BCUT2D eigenvalue weighted by Gasteiger charge is 2.31. The number of carbonyl (C=O) groups excluding carboxylic acids is 2. The molecule has 1 atom stereocenters. The second kappa shape index (κ2) is 7.00. The van der Waals surface area contributed by atoms with E-state index in [1.807, 2.05) is 25.3 Å². The Morgan fingerprint density at radius 2 is 2.12 bits per heavy atom. The topological polar surface area (TPSA) is 91.0 Å². The molecule has 1 aliphatic heterocycles. The summed E-state index contributed by atoms with van der Waals surface area (Å²) in [4.78, 5) is 31.2. The van der Waals surface area contributed by atoms with Crippen molar-refractivity contribution in [3.05, 3.63) is 53.1 Å². The van der Waals surface area contributed by atoms with E-state index in [1.54, 1.807) is 35.4 Å². The van der Waals surface area contributed by atoms with E-state index in [1.165, 1.54) is 0 Å². The van der Waals surface area contributed by atoms with Crippen molar-refractivity contribution in [1.82, 2.24) is 19.8 Å². The Kier molecular flexibility index (Phi) is 4.76. The van der Waals surface area contributed by atoms with Crippen LogP contribution in [0.4, 0.5) is 0 Å². The molecule has 26 heavy (non-hydrogen) atoms. The third-order valence-electron chi connectivity index (χ3n) is 4.38. The van der Waals surface area contributed by atoms with Crippen LogP contribution in [0.1, 0.15) is 59.0 Å². The summed E-state index contributed by atoms with van der Waals surface area (Å²) < 4.78 is 1.93. The van der Waals surface area contributed by atoms with Crippen molar-refractivity contribution >= 4 is 11.8 Å². The fourth-order valence-electron chi connectivity index (χ4n) is 3.10. The first-order chi connectivity index (χ1) is 12.4. The molecule has 1 aliphatic rings. The average Bonchev–Trinajstić information content (AvgIpc) is 3.06. The number of amides is 2. The molecule has 0 saturated carbocycles. The lowest BCUT2D eigenvalue weighted by atomic mass is 10.1. The molecule has 7 nitrogen and oxygen atoms in total. The van der Waals surface area contributed by atoms with Gasteiger partial charge in [0.25, 0.3) is 11.8 Å². The van der Waals surface area contributed by atoms with Crippen molar-refractivity contribution in [2.75, 3.05) is 6.54 Å². The predicted octanol–water partition coefficient (Wildman–Crippen LogP) is 2.11. The smallest absolute Gasteiger partial charge is 0.271 e. The van der Waals surface area contributed by atoms with Crippen LogP contribution in [-0.2, 0) is 6.54 Å². The molecule has 0 bridgehead atoms. The van der Waals surface area contributed by atoms with Crippen molar-refractivity contribution in [3.8, 4) is 6.07 Å². The van der Waals surface area contributed by atoms with Crippen molar-refractivity contribution in [1.29, 1.82) is 5.26 Å². The van der Waals surface area contributed by atoms with E-state index < -0.39 is 0 Å². The van der Waals surface area contributed by atoms with Crippen LogP contribution < -0.4 is 5.32 Å². The van der Waals surface area contributed by atoms with Crippen LogP contribution in [0.5, 0.6) is 0 Å². The summed E-state index contributed by atoms with van der Waals surface area (Å²) in [5.74, 6) is 0.334. The van der Waals surface area contributed by atoms with Gasteiger partial charge in [0.15, 0.2) is 0 Å². The van der Waals surface area contributed by atoms with Crippen molar-refractivity contribution in [3.63, 3.8) is 0 Å². The fraction of sp³-hybridized carbons (Fsp3) is 0.368. The maximum absolute atomic E-state index is 12.9. The summed E-state index contributed by atoms with van der Waals surface area (Å²) in [5.41, 5.74) is 1.30. The largest absolute Gasteiger partial charge is 0.348 e. The van der Waals surface area contributed by atoms with Crippen LogP contribution in [0.2, 0.25) is 0 Å². The number of carbonyl (C=O) groups is 2. The van der Waals surface area contributed by atoms with Crippen molar-refractivity contribution < 1.29 is 9.59 Å². The van der Waals surface area contributed by atoms with E-state index in [2.05, 4.69) is 16.4 Å². The summed E-state index contributed by atoms with van der Waals surface area (Å²) >= 11 is 0. The third kappa shape index (κ3) is 3.31. The number of nitrogens with one attached hydrogen (secondary N) is 1. The van der Waals surface area contributed by atoms with E-state index in [9.17, 15) is 9.59 Å². The summed E-state index contributed by atoms with van der Waals surface area (Å²) in [6.45, 7) is 6.78. The van der Waals surface area contributed by atoms with Gasteiger partial charge in [0.1, 0.15) is 11.5 Å². The lowest BCUT2D eigenvalue weighted by Crippen LogP contribution is -2.41. The summed E-state index contributed by atoms with van der Waals surface area (Å²) in [6.07, 6.45) is 1.74. The SMILES string of the molecule is CC(C)NC(=O)c1cn2c(n1)[C@@H](C)N(C(=O)c1cccc(C#N)c1)CC2. The van der Waals surface area contributed by atoms with Gasteiger partial charge < -0.3 is 14.8 Å². The Bertz CT molecular complexity index is 894. The molecule has 0 aliphatic carbocycles. The minimum absolute atomic E-state index is 0.0316. The second-order valence-corrected chi connectivity index (χ2v) is 6.67. The maximum Gasteiger partial charge on any atom is 0.271 e. The minimum Gasteiger partial charge on any atom is -0.348 e. The molecule has 0 spiro atoms. The van der Waals surface area contributed by atoms with E-state index in [0.717, 1.165) is 0 Å². The molecule has 3 rings (SSSR count). The van der Waals surface area contributed by atoms with Crippen LogP contribution >= 0.6 is 0 Å². The van der Waals surface area contributed by atoms with Crippen molar-refractivity contribution in [2.45, 2.75) is 39.4 Å². The zero-order valence-electron chi connectivity index (χ0n) is 15.1. The lowest BCUT2D eigenvalue weighted by Gasteiger charge is -2.33. The molecule has 0 saturated heterocycles. The van der Waals surface area contributed by atoms with E-state index in [4.69, 9.17) is 5.26 Å². The lowest BCUT2D eigenvalue weighted by molar-refractivity contribution is 0.0638. The van der Waals surface area contributed by atoms with Gasteiger partial charge in [0, 0.05) is 30.9 Å². The van der Waals surface area contributed by atoms with Crippen molar-refractivity contribution in [2.24, 2.45) is 0 Å². The van der Waals surface area contributed by atoms with Gasteiger partial charge in [-0.15, -0.1) is 0 Å². The van der Waals surface area contributed by atoms with Gasteiger partial charge in [-0.05, 0) is 39.0 Å². The van der Waals surface area contributed by atoms with Gasteiger partial charge in [0.05, 0.1) is 17.7 Å². The van der Waals surface area contributed by atoms with Crippen LogP contribution in [0.25, 0.3) is 0 Å². The van der Waals surface area contributed by atoms with Crippen LogP contribution in [0.3, 0.4) is 0 Å². The number of imidazole rings is 1. The van der Waals surface area contributed by atoms with Gasteiger partial charge >= 0.3 is 0 Å². The standard InChI is InChI=1S/C19H21N5O2/c1-12(2)21-18(25)16-11-23-7-8-24(13(3)17(23)22-16)19(26)15-6-4-5-14(9-15)10-20/h4-6,9,11-13H,7-8H2,1-3H3,(H,21,25)/t13-/m1/s1. The van der Waals surface area contributed by atoms with Crippen LogP contribution in [0.15, 0.2) is 30.5 Å². The summed E-state index contributed by atoms with van der Waals surface area (Å²) in [7, 11) is 0. The molecule has 7 heteroatoms. The fourth-order valence-corrected chi connectivity index (χ4v) is 3.10. The predicted molar refractivity (Wildman–Crippen MR) is 95.4 cm³/mol. The Balaban J connectivity index is 1.84. The number of nitrogens with zero attached hydrogens (tertiary/aromatic N) is 4. The number of benzene rings is 1. The zero-order valence-corrected chi connectivity index (χ0v) is 15.1. The molecule has 0 unspecified atom stereocenters.